The fourth-order valence-corrected chi connectivity index (χ4v) is 18.1. The Labute approximate surface area is 583 Å². The van der Waals surface area contributed by atoms with Gasteiger partial charge in [-0.05, 0) is 174 Å². The second-order valence-corrected chi connectivity index (χ2v) is 27.5. The smallest absolute Gasteiger partial charge is 0.237 e. The molecule has 22 rings (SSSR count). The van der Waals surface area contributed by atoms with Crippen molar-refractivity contribution in [3.8, 4) is 73.2 Å². The van der Waals surface area contributed by atoms with Gasteiger partial charge >= 0.3 is 0 Å². The minimum Gasteiger partial charge on any atom is -0.333 e. The van der Waals surface area contributed by atoms with Gasteiger partial charge in [0.25, 0.3) is 0 Å². The molecule has 470 valence electrons. The highest BCUT2D eigenvalue weighted by Crippen LogP contribution is 2.63. The molecule has 3 aliphatic carbocycles. The van der Waals surface area contributed by atoms with Crippen molar-refractivity contribution in [3.63, 3.8) is 0 Å². The third-order valence-corrected chi connectivity index (χ3v) is 22.4. The molecule has 5 heterocycles. The number of hydrogen-bond donors (Lipinski definition) is 0. The molecule has 6 nitrogen and oxygen atoms in total. The second kappa shape index (κ2) is 21.4. The van der Waals surface area contributed by atoms with E-state index in [1.54, 1.807) is 0 Å². The van der Waals surface area contributed by atoms with E-state index >= 15 is 0 Å². The van der Waals surface area contributed by atoms with Gasteiger partial charge < -0.3 is 9.47 Å². The van der Waals surface area contributed by atoms with Crippen LogP contribution in [0.4, 0.5) is 11.4 Å². The predicted molar refractivity (Wildman–Crippen MR) is 416 cm³/mol. The van der Waals surface area contributed by atoms with Crippen molar-refractivity contribution in [2.24, 2.45) is 0 Å². The lowest BCUT2D eigenvalue weighted by Crippen LogP contribution is -2.28. The van der Waals surface area contributed by atoms with Crippen molar-refractivity contribution < 1.29 is 0 Å². The number of rotatable bonds is 8. The molecular formula is C95H60N6. The van der Waals surface area contributed by atoms with Gasteiger partial charge in [-0.25, -0.2) is 4.98 Å². The zero-order valence-electron chi connectivity index (χ0n) is 54.8. The van der Waals surface area contributed by atoms with Crippen LogP contribution in [-0.4, -0.2) is 29.7 Å². The van der Waals surface area contributed by atoms with E-state index in [9.17, 15) is 0 Å². The van der Waals surface area contributed by atoms with Gasteiger partial charge in [0.2, 0.25) is 5.95 Å². The molecule has 0 amide bonds. The van der Waals surface area contributed by atoms with Gasteiger partial charge in [0, 0.05) is 66.9 Å². The summed E-state index contributed by atoms with van der Waals surface area (Å²) in [4.78, 5) is 14.0. The summed E-state index contributed by atoms with van der Waals surface area (Å²) in [5.74, 6) is 1.56. The molecule has 0 saturated heterocycles. The molecule has 1 aliphatic heterocycles. The van der Waals surface area contributed by atoms with Crippen LogP contribution in [0.25, 0.3) is 144 Å². The van der Waals surface area contributed by atoms with Gasteiger partial charge in [-0.2, -0.15) is 4.98 Å². The van der Waals surface area contributed by atoms with Crippen molar-refractivity contribution >= 4 is 82.4 Å². The summed E-state index contributed by atoms with van der Waals surface area (Å²) in [6, 6.07) is 123. The van der Waals surface area contributed by atoms with E-state index in [-0.39, 0.29) is 12.0 Å². The molecule has 0 saturated carbocycles. The summed E-state index contributed by atoms with van der Waals surface area (Å²) in [5.41, 5.74) is 30.4. The first-order valence-corrected chi connectivity index (χ1v) is 35.0. The molecule has 6 heteroatoms. The number of para-hydroxylation sites is 6. The van der Waals surface area contributed by atoms with Crippen LogP contribution in [0, 0.1) is 0 Å². The average molecular weight is 1290 g/mol. The summed E-state index contributed by atoms with van der Waals surface area (Å²) < 4.78 is 7.02. The van der Waals surface area contributed by atoms with E-state index in [1.807, 2.05) is 0 Å². The van der Waals surface area contributed by atoms with Crippen LogP contribution < -0.4 is 4.90 Å². The van der Waals surface area contributed by atoms with Crippen LogP contribution in [-0.2, 0) is 5.41 Å². The third-order valence-electron chi connectivity index (χ3n) is 22.4. The molecule has 0 N–H and O–H groups in total. The van der Waals surface area contributed by atoms with Crippen LogP contribution in [0.15, 0.2) is 352 Å². The van der Waals surface area contributed by atoms with Crippen LogP contribution in [0.2, 0.25) is 0 Å². The molecule has 2 atom stereocenters. The Kier molecular flexibility index (Phi) is 11.9. The van der Waals surface area contributed by atoms with Gasteiger partial charge in [0.1, 0.15) is 5.82 Å². The predicted octanol–water partition coefficient (Wildman–Crippen LogP) is 23.4. The molecule has 18 aromatic rings. The monoisotopic (exact) mass is 1280 g/mol. The number of hydrogen-bond acceptors (Lipinski definition) is 3. The van der Waals surface area contributed by atoms with E-state index in [0.717, 1.165) is 83.1 Å². The SMILES string of the molecule is C1=CC2C(C=C1c1ccc3c(c1)c1ccccc1n3-c1nc(-c3ccc(-c4ccc5c(c4)C4(c6ccccc6-c6ccccc64)c4ccccc4-5)cc3)cc(-n3c4ccccc4c4cc(-c5ccc6c(c5)c5ccccc5n6-c5ccccc5)ccc43)n1)c1ccccc1N2c1ccccc1. The average Bonchev–Trinajstić information content (AvgIpc) is 1.51. The normalized spacial score (nSPS) is 15.2. The Bertz CT molecular complexity index is 6540. The standard InChI is InChI=1S/C95H60N6/c1-3-21-66(22-4-1)98-85-35-17-10-28-72(85)76-53-61(44-49-89(76)98)63-46-51-91-78(55-63)74-30-12-19-37-87(74)100(91)93-58-84(60-41-39-59(40-42-60)65-43-48-71-70-27-9-16-34-82(70)95(83(71)57-65)80-32-14-7-25-68(80)69-26-8-15-33-81(69)95)96-94(97-93)101-88-38-20-13-31-75(88)79-56-64(47-52-92(79)101)62-45-50-90-77(54-62)73-29-11-18-36-86(73)99(90)67-23-5-2-6-24-67/h1-58,77,90H. The van der Waals surface area contributed by atoms with Gasteiger partial charge in [-0.15, -0.1) is 0 Å². The maximum absolute atomic E-state index is 5.79. The Morgan fingerprint density at radius 3 is 1.38 bits per heavy atom. The zero-order chi connectivity index (χ0) is 66.0. The van der Waals surface area contributed by atoms with Crippen LogP contribution in [0.5, 0.6) is 0 Å². The first-order valence-electron chi connectivity index (χ1n) is 35.0. The molecule has 0 bridgehead atoms. The van der Waals surface area contributed by atoms with Crippen molar-refractivity contribution in [2.45, 2.75) is 17.4 Å². The highest BCUT2D eigenvalue weighted by Gasteiger charge is 2.51. The summed E-state index contributed by atoms with van der Waals surface area (Å²) in [7, 11) is 0. The van der Waals surface area contributed by atoms with Gasteiger partial charge in [0.15, 0.2) is 0 Å². The van der Waals surface area contributed by atoms with Gasteiger partial charge in [-0.3, -0.25) is 9.13 Å². The molecule has 0 radical (unpaired) electrons. The summed E-state index contributed by atoms with van der Waals surface area (Å²) in [5, 5.41) is 7.03. The second-order valence-electron chi connectivity index (χ2n) is 27.5. The van der Waals surface area contributed by atoms with Crippen LogP contribution in [0.1, 0.15) is 39.3 Å². The third kappa shape index (κ3) is 8.04. The first kappa shape index (κ1) is 55.9. The van der Waals surface area contributed by atoms with Crippen molar-refractivity contribution in [2.75, 3.05) is 4.90 Å². The van der Waals surface area contributed by atoms with E-state index in [1.165, 1.54) is 100.0 Å². The molecule has 4 aliphatic rings. The Morgan fingerprint density at radius 1 is 0.297 bits per heavy atom. The van der Waals surface area contributed by atoms with Crippen molar-refractivity contribution in [1.82, 2.24) is 23.7 Å². The highest BCUT2D eigenvalue weighted by molar-refractivity contribution is 6.14. The quantitative estimate of drug-likeness (QED) is 0.152. The molecule has 4 aromatic heterocycles. The number of benzene rings is 14. The topological polar surface area (TPSA) is 43.8 Å². The number of allylic oxidation sites excluding steroid dienone is 2. The number of nitrogens with zero attached hydrogens (tertiary/aromatic N) is 6. The lowest BCUT2D eigenvalue weighted by molar-refractivity contribution is 0.747. The first-order chi connectivity index (χ1) is 50.1. The fraction of sp³-hybridized carbons (Fsp3) is 0.0316. The molecule has 14 aromatic carbocycles. The minimum absolute atomic E-state index is 0.172. The van der Waals surface area contributed by atoms with Crippen molar-refractivity contribution in [3.05, 3.63) is 385 Å². The zero-order valence-corrected chi connectivity index (χ0v) is 54.8. The summed E-state index contributed by atoms with van der Waals surface area (Å²) in [6.07, 6.45) is 7.23. The number of aromatic nitrogens is 5. The fourth-order valence-electron chi connectivity index (χ4n) is 18.1. The number of fused-ring (bicyclic) bond motifs is 22. The van der Waals surface area contributed by atoms with Crippen molar-refractivity contribution in [1.29, 1.82) is 0 Å². The summed E-state index contributed by atoms with van der Waals surface area (Å²) >= 11 is 0. The Hall–Kier alpha value is -13.2. The van der Waals surface area contributed by atoms with E-state index in [4.69, 9.17) is 9.97 Å². The van der Waals surface area contributed by atoms with Gasteiger partial charge in [0.05, 0.1) is 50.3 Å². The van der Waals surface area contributed by atoms with Crippen LogP contribution >= 0.6 is 0 Å². The number of anilines is 2. The molecule has 0 fully saturated rings. The maximum Gasteiger partial charge on any atom is 0.237 e. The van der Waals surface area contributed by atoms with Gasteiger partial charge in [-0.1, -0.05) is 255 Å². The lowest BCUT2D eigenvalue weighted by atomic mass is 9.70. The Morgan fingerprint density at radius 2 is 0.743 bits per heavy atom. The van der Waals surface area contributed by atoms with E-state index in [0.29, 0.717) is 5.95 Å². The molecular weight excluding hydrogens is 1230 g/mol. The molecule has 1 spiro atoms. The highest BCUT2D eigenvalue weighted by atomic mass is 15.2. The molecule has 2 unspecified atom stereocenters. The summed E-state index contributed by atoms with van der Waals surface area (Å²) in [6.45, 7) is 0. The van der Waals surface area contributed by atoms with E-state index in [2.05, 4.69) is 370 Å². The van der Waals surface area contributed by atoms with E-state index < -0.39 is 5.41 Å². The molecule has 101 heavy (non-hydrogen) atoms. The Balaban J connectivity index is 0.702. The lowest BCUT2D eigenvalue weighted by Gasteiger charge is -2.30. The largest absolute Gasteiger partial charge is 0.333 e. The minimum atomic E-state index is -0.438. The maximum atomic E-state index is 5.79. The van der Waals surface area contributed by atoms with Crippen LogP contribution in [0.3, 0.4) is 0 Å².